The molecule has 0 amide bonds. The number of methoxy groups -OCH3 is 1. The third kappa shape index (κ3) is 3.06. The van der Waals surface area contributed by atoms with Gasteiger partial charge in [0.25, 0.3) is 5.89 Å². The van der Waals surface area contributed by atoms with Crippen LogP contribution in [0.15, 0.2) is 47.2 Å². The molecule has 0 unspecified atom stereocenters. The normalized spacial score (nSPS) is 12.4. The number of hydrogen-bond acceptors (Lipinski definition) is 7. The molecule has 152 valence electrons. The maximum atomic E-state index is 5.56. The lowest BCUT2D eigenvalue weighted by atomic mass is 10.1. The lowest BCUT2D eigenvalue weighted by Gasteiger charge is -2.13. The van der Waals surface area contributed by atoms with Gasteiger partial charge in [0.2, 0.25) is 12.6 Å². The van der Waals surface area contributed by atoms with Gasteiger partial charge in [-0.3, -0.25) is 4.98 Å². The average molecular weight is 404 g/mol. The van der Waals surface area contributed by atoms with Gasteiger partial charge in [-0.05, 0) is 44.2 Å². The van der Waals surface area contributed by atoms with Crippen LogP contribution in [-0.2, 0) is 6.54 Å². The van der Waals surface area contributed by atoms with Crippen molar-refractivity contribution in [1.29, 1.82) is 0 Å². The fourth-order valence-electron chi connectivity index (χ4n) is 3.62. The predicted molar refractivity (Wildman–Crippen MR) is 109 cm³/mol. The molecular formula is C22H20N4O4. The van der Waals surface area contributed by atoms with E-state index in [0.717, 1.165) is 33.8 Å². The first-order valence-corrected chi connectivity index (χ1v) is 9.52. The van der Waals surface area contributed by atoms with Gasteiger partial charge in [0.1, 0.15) is 11.4 Å². The van der Waals surface area contributed by atoms with Crippen LogP contribution in [-0.4, -0.2) is 33.6 Å². The van der Waals surface area contributed by atoms with Crippen molar-refractivity contribution in [2.75, 3.05) is 13.9 Å². The Morgan fingerprint density at radius 1 is 1.13 bits per heavy atom. The third-order valence-electron chi connectivity index (χ3n) is 5.18. The van der Waals surface area contributed by atoms with Crippen molar-refractivity contribution < 1.29 is 18.7 Å². The highest BCUT2D eigenvalue weighted by molar-refractivity contribution is 5.63. The van der Waals surface area contributed by atoms with Crippen molar-refractivity contribution in [3.8, 4) is 40.2 Å². The fraction of sp³-hybridized carbons (Fsp3) is 0.227. The second-order valence-electron chi connectivity index (χ2n) is 7.06. The first kappa shape index (κ1) is 18.2. The van der Waals surface area contributed by atoms with Gasteiger partial charge in [0, 0.05) is 29.1 Å². The maximum absolute atomic E-state index is 5.56. The Labute approximate surface area is 173 Å². The van der Waals surface area contributed by atoms with E-state index in [1.165, 1.54) is 0 Å². The summed E-state index contributed by atoms with van der Waals surface area (Å²) < 4.78 is 23.9. The zero-order chi connectivity index (χ0) is 20.7. The summed E-state index contributed by atoms with van der Waals surface area (Å²) in [6.07, 6.45) is 3.79. The molecule has 0 saturated heterocycles. The SMILES string of the molecule is COc1c(C)cnc(Cn2cccc2-c2nc(-c3ccc4c(c3)OCO4)no2)c1C. The lowest BCUT2D eigenvalue weighted by Crippen LogP contribution is -2.06. The molecule has 0 radical (unpaired) electrons. The zero-order valence-corrected chi connectivity index (χ0v) is 16.9. The fourth-order valence-corrected chi connectivity index (χ4v) is 3.62. The Bertz CT molecular complexity index is 1230. The molecule has 0 bridgehead atoms. The van der Waals surface area contributed by atoms with E-state index in [0.29, 0.717) is 29.8 Å². The molecule has 0 fully saturated rings. The highest BCUT2D eigenvalue weighted by Crippen LogP contribution is 2.35. The molecule has 30 heavy (non-hydrogen) atoms. The van der Waals surface area contributed by atoms with Gasteiger partial charge in [-0.2, -0.15) is 4.98 Å². The van der Waals surface area contributed by atoms with E-state index in [2.05, 4.69) is 15.1 Å². The number of ether oxygens (including phenoxy) is 3. The Kier molecular flexibility index (Phi) is 4.39. The van der Waals surface area contributed by atoms with Gasteiger partial charge in [0.05, 0.1) is 19.3 Å². The molecule has 3 aromatic heterocycles. The van der Waals surface area contributed by atoms with Crippen LogP contribution in [0.2, 0.25) is 0 Å². The van der Waals surface area contributed by atoms with Crippen molar-refractivity contribution in [2.24, 2.45) is 0 Å². The molecule has 0 saturated carbocycles. The van der Waals surface area contributed by atoms with Gasteiger partial charge < -0.3 is 23.3 Å². The molecule has 0 atom stereocenters. The molecule has 0 aliphatic carbocycles. The molecular weight excluding hydrogens is 384 g/mol. The van der Waals surface area contributed by atoms with Gasteiger partial charge in [-0.25, -0.2) is 0 Å². The summed E-state index contributed by atoms with van der Waals surface area (Å²) in [7, 11) is 1.68. The van der Waals surface area contributed by atoms with Crippen LogP contribution in [0, 0.1) is 13.8 Å². The Morgan fingerprint density at radius 3 is 2.87 bits per heavy atom. The number of nitrogens with zero attached hydrogens (tertiary/aromatic N) is 4. The molecule has 0 spiro atoms. The Hall–Kier alpha value is -3.81. The molecule has 1 aliphatic heterocycles. The number of benzene rings is 1. The predicted octanol–water partition coefficient (Wildman–Crippen LogP) is 4.00. The third-order valence-corrected chi connectivity index (χ3v) is 5.18. The summed E-state index contributed by atoms with van der Waals surface area (Å²) >= 11 is 0. The van der Waals surface area contributed by atoms with Gasteiger partial charge in [-0.1, -0.05) is 5.16 Å². The standard InChI is InChI=1S/C22H20N4O4/c1-13-10-23-16(14(2)20(13)27-3)11-26-8-4-5-17(26)22-24-21(25-30-22)15-6-7-18-19(9-15)29-12-28-18/h4-10H,11-12H2,1-3H3. The Balaban J connectivity index is 1.45. The number of hydrogen-bond donors (Lipinski definition) is 0. The van der Waals surface area contributed by atoms with Crippen LogP contribution in [0.3, 0.4) is 0 Å². The summed E-state index contributed by atoms with van der Waals surface area (Å²) in [5.41, 5.74) is 4.56. The molecule has 0 N–H and O–H groups in total. The smallest absolute Gasteiger partial charge is 0.274 e. The average Bonchev–Trinajstić information content (AvgIpc) is 3.50. The number of aryl methyl sites for hydroxylation is 1. The molecule has 5 rings (SSSR count). The topological polar surface area (TPSA) is 84.4 Å². The van der Waals surface area contributed by atoms with E-state index in [9.17, 15) is 0 Å². The second-order valence-corrected chi connectivity index (χ2v) is 7.06. The number of pyridine rings is 1. The van der Waals surface area contributed by atoms with Crippen molar-refractivity contribution in [1.82, 2.24) is 19.7 Å². The van der Waals surface area contributed by atoms with E-state index in [-0.39, 0.29) is 6.79 Å². The van der Waals surface area contributed by atoms with Crippen LogP contribution >= 0.6 is 0 Å². The molecule has 8 heteroatoms. The van der Waals surface area contributed by atoms with E-state index in [1.807, 2.05) is 61.1 Å². The summed E-state index contributed by atoms with van der Waals surface area (Å²) in [5, 5.41) is 4.14. The number of aromatic nitrogens is 4. The number of fused-ring (bicyclic) bond motifs is 1. The van der Waals surface area contributed by atoms with E-state index >= 15 is 0 Å². The molecule has 1 aliphatic rings. The van der Waals surface area contributed by atoms with Crippen LogP contribution in [0.4, 0.5) is 0 Å². The second kappa shape index (κ2) is 7.22. The van der Waals surface area contributed by atoms with Crippen molar-refractivity contribution >= 4 is 0 Å². The molecule has 4 heterocycles. The van der Waals surface area contributed by atoms with Gasteiger partial charge in [0.15, 0.2) is 11.5 Å². The van der Waals surface area contributed by atoms with Crippen molar-refractivity contribution in [3.05, 3.63) is 59.5 Å². The Morgan fingerprint density at radius 2 is 2.00 bits per heavy atom. The first-order valence-electron chi connectivity index (χ1n) is 9.52. The van der Waals surface area contributed by atoms with Gasteiger partial charge in [-0.15, -0.1) is 0 Å². The number of rotatable bonds is 5. The van der Waals surface area contributed by atoms with E-state index in [4.69, 9.17) is 18.7 Å². The van der Waals surface area contributed by atoms with E-state index in [1.54, 1.807) is 7.11 Å². The molecule has 4 aromatic rings. The molecule has 8 nitrogen and oxygen atoms in total. The van der Waals surface area contributed by atoms with Crippen LogP contribution in [0.1, 0.15) is 16.8 Å². The van der Waals surface area contributed by atoms with Crippen LogP contribution in [0.25, 0.3) is 23.0 Å². The summed E-state index contributed by atoms with van der Waals surface area (Å²) in [6, 6.07) is 9.46. The molecule has 1 aromatic carbocycles. The largest absolute Gasteiger partial charge is 0.496 e. The van der Waals surface area contributed by atoms with Gasteiger partial charge >= 0.3 is 0 Å². The summed E-state index contributed by atoms with van der Waals surface area (Å²) in [4.78, 5) is 9.17. The van der Waals surface area contributed by atoms with Crippen LogP contribution in [0.5, 0.6) is 17.2 Å². The summed E-state index contributed by atoms with van der Waals surface area (Å²) in [6.45, 7) is 4.79. The van der Waals surface area contributed by atoms with Crippen LogP contribution < -0.4 is 14.2 Å². The van der Waals surface area contributed by atoms with Crippen molar-refractivity contribution in [2.45, 2.75) is 20.4 Å². The monoisotopic (exact) mass is 404 g/mol. The van der Waals surface area contributed by atoms with Crippen molar-refractivity contribution in [3.63, 3.8) is 0 Å². The first-order chi connectivity index (χ1) is 14.6. The highest BCUT2D eigenvalue weighted by atomic mass is 16.7. The zero-order valence-electron chi connectivity index (χ0n) is 16.9. The lowest BCUT2D eigenvalue weighted by molar-refractivity contribution is 0.174. The minimum absolute atomic E-state index is 0.223. The minimum atomic E-state index is 0.223. The minimum Gasteiger partial charge on any atom is -0.496 e. The maximum Gasteiger partial charge on any atom is 0.274 e. The quantitative estimate of drug-likeness (QED) is 0.497. The summed E-state index contributed by atoms with van der Waals surface area (Å²) in [5.74, 6) is 3.17. The highest BCUT2D eigenvalue weighted by Gasteiger charge is 2.19. The van der Waals surface area contributed by atoms with E-state index < -0.39 is 0 Å².